The lowest BCUT2D eigenvalue weighted by atomic mass is 10.1. The van der Waals surface area contributed by atoms with E-state index in [0.717, 1.165) is 48.1 Å². The number of methoxy groups -OCH3 is 2. The van der Waals surface area contributed by atoms with E-state index in [1.165, 1.54) is 0 Å². The Hall–Kier alpha value is -3.22. The van der Waals surface area contributed by atoms with Crippen molar-refractivity contribution in [3.8, 4) is 11.5 Å². The van der Waals surface area contributed by atoms with Gasteiger partial charge in [0.1, 0.15) is 0 Å². The second kappa shape index (κ2) is 12.0. The lowest BCUT2D eigenvalue weighted by molar-refractivity contribution is 0.0919. The number of nitrogens with zero attached hydrogens (tertiary/aromatic N) is 1. The van der Waals surface area contributed by atoms with E-state index in [1.54, 1.807) is 14.2 Å². The maximum absolute atomic E-state index is 12.4. The van der Waals surface area contributed by atoms with Crippen molar-refractivity contribution in [2.75, 3.05) is 27.3 Å². The van der Waals surface area contributed by atoms with Crippen molar-refractivity contribution in [2.45, 2.75) is 46.2 Å². The molecule has 0 heterocycles. The Morgan fingerprint density at radius 3 is 2.38 bits per heavy atom. The minimum Gasteiger partial charge on any atom is -0.493 e. The van der Waals surface area contributed by atoms with Crippen molar-refractivity contribution in [3.05, 3.63) is 59.2 Å². The summed E-state index contributed by atoms with van der Waals surface area (Å²) in [7, 11) is 3.27. The minimum absolute atomic E-state index is 0.0803. The molecule has 1 amide bonds. The first kappa shape index (κ1) is 25.0. The lowest BCUT2D eigenvalue weighted by Gasteiger charge is -2.20. The van der Waals surface area contributed by atoms with Crippen molar-refractivity contribution in [3.63, 3.8) is 0 Å². The highest BCUT2D eigenvalue weighted by atomic mass is 16.5. The average Bonchev–Trinajstić information content (AvgIpc) is 2.76. The fourth-order valence-corrected chi connectivity index (χ4v) is 3.10. The SMILES string of the molecule is CCNC(=NCc1cccc(C(=O)NC(C)(C)C)c1)NCCc1ccc(OC)c(OC)c1. The molecule has 0 saturated heterocycles. The smallest absolute Gasteiger partial charge is 0.251 e. The summed E-state index contributed by atoms with van der Waals surface area (Å²) in [6.07, 6.45) is 0.813. The van der Waals surface area contributed by atoms with Crippen LogP contribution >= 0.6 is 0 Å². The third-order valence-electron chi connectivity index (χ3n) is 4.60. The fraction of sp³-hybridized carbons (Fsp3) is 0.440. The summed E-state index contributed by atoms with van der Waals surface area (Å²) >= 11 is 0. The van der Waals surface area contributed by atoms with Crippen LogP contribution < -0.4 is 25.4 Å². The Labute approximate surface area is 191 Å². The van der Waals surface area contributed by atoms with Crippen LogP contribution in [0.5, 0.6) is 11.5 Å². The van der Waals surface area contributed by atoms with Crippen LogP contribution in [0.25, 0.3) is 0 Å². The van der Waals surface area contributed by atoms with E-state index in [4.69, 9.17) is 9.47 Å². The first-order valence-electron chi connectivity index (χ1n) is 10.9. The molecule has 2 aromatic rings. The number of benzene rings is 2. The minimum atomic E-state index is -0.277. The average molecular weight is 441 g/mol. The maximum Gasteiger partial charge on any atom is 0.251 e. The molecule has 0 aliphatic heterocycles. The highest BCUT2D eigenvalue weighted by Crippen LogP contribution is 2.27. The second-order valence-corrected chi connectivity index (χ2v) is 8.47. The fourth-order valence-electron chi connectivity index (χ4n) is 3.10. The van der Waals surface area contributed by atoms with Gasteiger partial charge in [0.05, 0.1) is 20.8 Å². The van der Waals surface area contributed by atoms with Gasteiger partial charge in [0.15, 0.2) is 17.5 Å². The predicted octanol–water partition coefficient (Wildman–Crippen LogP) is 3.53. The highest BCUT2D eigenvalue weighted by molar-refractivity contribution is 5.94. The molecule has 174 valence electrons. The van der Waals surface area contributed by atoms with Crippen molar-refractivity contribution < 1.29 is 14.3 Å². The van der Waals surface area contributed by atoms with Crippen molar-refractivity contribution in [2.24, 2.45) is 4.99 Å². The van der Waals surface area contributed by atoms with Gasteiger partial charge in [-0.15, -0.1) is 0 Å². The zero-order valence-corrected chi connectivity index (χ0v) is 20.0. The molecule has 32 heavy (non-hydrogen) atoms. The molecule has 2 aromatic carbocycles. The number of nitrogens with one attached hydrogen (secondary N) is 3. The second-order valence-electron chi connectivity index (χ2n) is 8.47. The van der Waals surface area contributed by atoms with Crippen LogP contribution in [0.4, 0.5) is 0 Å². The molecule has 3 N–H and O–H groups in total. The van der Waals surface area contributed by atoms with Gasteiger partial charge in [-0.25, -0.2) is 4.99 Å². The molecule has 0 radical (unpaired) electrons. The normalized spacial score (nSPS) is 11.6. The van der Waals surface area contributed by atoms with Gasteiger partial charge in [0.25, 0.3) is 5.91 Å². The zero-order valence-electron chi connectivity index (χ0n) is 20.0. The van der Waals surface area contributed by atoms with Crippen LogP contribution in [0.1, 0.15) is 49.2 Å². The van der Waals surface area contributed by atoms with E-state index < -0.39 is 0 Å². The number of rotatable bonds is 9. The molecular weight excluding hydrogens is 404 g/mol. The molecule has 2 rings (SSSR count). The van der Waals surface area contributed by atoms with Gasteiger partial charge in [-0.2, -0.15) is 0 Å². The van der Waals surface area contributed by atoms with Crippen LogP contribution in [-0.2, 0) is 13.0 Å². The third-order valence-corrected chi connectivity index (χ3v) is 4.60. The van der Waals surface area contributed by atoms with Crippen LogP contribution in [0.3, 0.4) is 0 Å². The molecule has 0 bridgehead atoms. The Morgan fingerprint density at radius 2 is 1.72 bits per heavy atom. The molecule has 0 spiro atoms. The molecular formula is C25H36N4O3. The molecule has 7 nitrogen and oxygen atoms in total. The number of guanidine groups is 1. The van der Waals surface area contributed by atoms with E-state index in [-0.39, 0.29) is 11.4 Å². The maximum atomic E-state index is 12.4. The Morgan fingerprint density at radius 1 is 0.969 bits per heavy atom. The number of aliphatic imine (C=N–C) groups is 1. The number of carbonyl (C=O) groups excluding carboxylic acids is 1. The highest BCUT2D eigenvalue weighted by Gasteiger charge is 2.15. The van der Waals surface area contributed by atoms with Gasteiger partial charge in [-0.3, -0.25) is 4.79 Å². The molecule has 0 unspecified atom stereocenters. The molecule has 0 aliphatic carbocycles. The summed E-state index contributed by atoms with van der Waals surface area (Å²) in [4.78, 5) is 17.1. The van der Waals surface area contributed by atoms with Crippen molar-refractivity contribution in [1.82, 2.24) is 16.0 Å². The van der Waals surface area contributed by atoms with Crippen LogP contribution in [0, 0.1) is 0 Å². The molecule has 0 atom stereocenters. The molecule has 0 fully saturated rings. The van der Waals surface area contributed by atoms with E-state index in [2.05, 4.69) is 20.9 Å². The molecule has 0 aromatic heterocycles. The van der Waals surface area contributed by atoms with Crippen molar-refractivity contribution >= 4 is 11.9 Å². The Balaban J connectivity index is 1.98. The topological polar surface area (TPSA) is 84.0 Å². The van der Waals surface area contributed by atoms with E-state index in [0.29, 0.717) is 12.1 Å². The van der Waals surface area contributed by atoms with Gasteiger partial charge >= 0.3 is 0 Å². The Kier molecular flexibility index (Phi) is 9.38. The monoisotopic (exact) mass is 440 g/mol. The quantitative estimate of drug-likeness (QED) is 0.410. The third kappa shape index (κ3) is 8.13. The molecule has 0 saturated carbocycles. The van der Waals surface area contributed by atoms with Gasteiger partial charge < -0.3 is 25.4 Å². The molecule has 7 heteroatoms. The zero-order chi connectivity index (χ0) is 23.6. The van der Waals surface area contributed by atoms with Gasteiger partial charge in [-0.05, 0) is 69.5 Å². The first-order chi connectivity index (χ1) is 15.3. The van der Waals surface area contributed by atoms with Gasteiger partial charge in [0, 0.05) is 24.2 Å². The number of carbonyl (C=O) groups is 1. The van der Waals surface area contributed by atoms with Gasteiger partial charge in [0.2, 0.25) is 0 Å². The van der Waals surface area contributed by atoms with Gasteiger partial charge in [-0.1, -0.05) is 18.2 Å². The Bertz CT molecular complexity index is 920. The standard InChI is InChI=1S/C25H36N4O3/c1-7-26-24(27-14-13-18-11-12-21(31-5)22(16-18)32-6)28-17-19-9-8-10-20(15-19)23(30)29-25(2,3)4/h8-12,15-16H,7,13-14,17H2,1-6H3,(H,29,30)(H2,26,27,28). The van der Waals surface area contributed by atoms with Crippen molar-refractivity contribution in [1.29, 1.82) is 0 Å². The lowest BCUT2D eigenvalue weighted by Crippen LogP contribution is -2.40. The summed E-state index contributed by atoms with van der Waals surface area (Å²) in [6.45, 7) is 9.89. The molecule has 0 aliphatic rings. The summed E-state index contributed by atoms with van der Waals surface area (Å²) < 4.78 is 10.7. The summed E-state index contributed by atoms with van der Waals surface area (Å²) in [5.41, 5.74) is 2.48. The van der Waals surface area contributed by atoms with E-state index in [1.807, 2.05) is 70.2 Å². The first-order valence-corrected chi connectivity index (χ1v) is 10.9. The summed E-state index contributed by atoms with van der Waals surface area (Å²) in [6, 6.07) is 13.5. The largest absolute Gasteiger partial charge is 0.493 e. The predicted molar refractivity (Wildman–Crippen MR) is 130 cm³/mol. The summed E-state index contributed by atoms with van der Waals surface area (Å²) in [5, 5.41) is 9.62. The number of amides is 1. The summed E-state index contributed by atoms with van der Waals surface area (Å²) in [5.74, 6) is 2.10. The van der Waals surface area contributed by atoms with E-state index in [9.17, 15) is 4.79 Å². The van der Waals surface area contributed by atoms with Crippen LogP contribution in [-0.4, -0.2) is 44.7 Å². The van der Waals surface area contributed by atoms with Crippen LogP contribution in [0.2, 0.25) is 0 Å². The number of hydrogen-bond acceptors (Lipinski definition) is 4. The van der Waals surface area contributed by atoms with Crippen LogP contribution in [0.15, 0.2) is 47.5 Å². The number of ether oxygens (including phenoxy) is 2. The number of hydrogen-bond donors (Lipinski definition) is 3. The van der Waals surface area contributed by atoms with E-state index >= 15 is 0 Å².